The Morgan fingerprint density at radius 2 is 1.01 bits per heavy atom. The quantitative estimate of drug-likeness (QED) is 0.0980. The molecule has 0 spiro atoms. The monoisotopic (exact) mass is 1000 g/mol. The number of carbonyl (C=O) groups excluding carboxylic acids is 1. The van der Waals surface area contributed by atoms with Gasteiger partial charge in [-0.25, -0.2) is 9.97 Å². The van der Waals surface area contributed by atoms with E-state index in [0.717, 1.165) is 65.4 Å². The van der Waals surface area contributed by atoms with Crippen LogP contribution in [0.15, 0.2) is 93.9 Å². The van der Waals surface area contributed by atoms with E-state index in [4.69, 9.17) is 19.6 Å². The lowest BCUT2D eigenvalue weighted by Gasteiger charge is -2.41. The number of Topliss-reactive ketones (excluding diaryl/α,β-unsaturated/α-hetero) is 1. The van der Waals surface area contributed by atoms with Crippen molar-refractivity contribution >= 4 is 39.9 Å². The summed E-state index contributed by atoms with van der Waals surface area (Å²) < 4.78 is 88.9. The fourth-order valence-electron chi connectivity index (χ4n) is 10.0. The Morgan fingerprint density at radius 1 is 0.629 bits per heavy atom. The SMILES string of the molecule is Cc1cc(C(F)(F)F)n(CC(C(=O)C(Cn2nc(C)cc2C(F)(F)F)N2CCC(c3nc(C4=NO[C@@H](c5ccccc5)C4)cs3)CC2)N2CCC(c3nc(C4=NO[C@@H](c5ccccc5)C4)cs3)CC2)n1. The molecule has 70 heavy (non-hydrogen) atoms. The summed E-state index contributed by atoms with van der Waals surface area (Å²) in [6.07, 6.45) is -6.65. The lowest BCUT2D eigenvalue weighted by molar-refractivity contribution is -0.146. The van der Waals surface area contributed by atoms with E-state index in [2.05, 4.69) is 20.5 Å². The summed E-state index contributed by atoms with van der Waals surface area (Å²) in [6, 6.07) is 19.2. The summed E-state index contributed by atoms with van der Waals surface area (Å²) in [6.45, 7) is 3.32. The maximum atomic E-state index is 15.4. The van der Waals surface area contributed by atoms with Gasteiger partial charge in [0.2, 0.25) is 0 Å². The minimum absolute atomic E-state index is 0.00238. The van der Waals surface area contributed by atoms with Gasteiger partial charge in [-0.3, -0.25) is 24.0 Å². The first-order chi connectivity index (χ1) is 33.6. The van der Waals surface area contributed by atoms with Crippen LogP contribution < -0.4 is 0 Å². The first-order valence-corrected chi connectivity index (χ1v) is 25.1. The molecule has 0 aliphatic carbocycles. The van der Waals surface area contributed by atoms with Crippen LogP contribution in [0.5, 0.6) is 0 Å². The van der Waals surface area contributed by atoms with E-state index in [-0.39, 0.29) is 35.4 Å². The molecule has 4 aliphatic heterocycles. The van der Waals surface area contributed by atoms with Gasteiger partial charge in [0.25, 0.3) is 0 Å². The van der Waals surface area contributed by atoms with Gasteiger partial charge >= 0.3 is 12.4 Å². The van der Waals surface area contributed by atoms with Crippen LogP contribution in [0.25, 0.3) is 0 Å². The minimum Gasteiger partial charge on any atom is -0.387 e. The van der Waals surface area contributed by atoms with Gasteiger partial charge in [0.05, 0.1) is 58.0 Å². The fraction of sp³-hybridized carbons (Fsp3) is 0.449. The molecule has 4 atom stereocenters. The van der Waals surface area contributed by atoms with Crippen molar-refractivity contribution in [3.8, 4) is 0 Å². The number of nitrogens with zero attached hydrogens (tertiary/aromatic N) is 10. The van der Waals surface area contributed by atoms with Crippen molar-refractivity contribution in [3.63, 3.8) is 0 Å². The van der Waals surface area contributed by atoms with Gasteiger partial charge in [0.1, 0.15) is 22.8 Å². The highest BCUT2D eigenvalue weighted by molar-refractivity contribution is 7.10. The second kappa shape index (κ2) is 19.8. The van der Waals surface area contributed by atoms with Crippen LogP contribution in [0.2, 0.25) is 0 Å². The summed E-state index contributed by atoms with van der Waals surface area (Å²) in [5, 5.41) is 22.8. The number of oxime groups is 2. The van der Waals surface area contributed by atoms with Crippen molar-refractivity contribution in [2.75, 3.05) is 26.2 Å². The van der Waals surface area contributed by atoms with Crippen molar-refractivity contribution in [3.05, 3.63) is 139 Å². The van der Waals surface area contributed by atoms with Crippen molar-refractivity contribution in [1.29, 1.82) is 0 Å². The number of likely N-dealkylation sites (tertiary alicyclic amines) is 2. The van der Waals surface area contributed by atoms with Gasteiger partial charge in [-0.1, -0.05) is 71.0 Å². The van der Waals surface area contributed by atoms with E-state index >= 15 is 4.79 Å². The van der Waals surface area contributed by atoms with E-state index in [1.54, 1.807) is 0 Å². The van der Waals surface area contributed by atoms with Gasteiger partial charge in [-0.2, -0.15) is 36.5 Å². The Morgan fingerprint density at radius 3 is 1.39 bits per heavy atom. The highest BCUT2D eigenvalue weighted by atomic mass is 32.1. The maximum absolute atomic E-state index is 15.4. The Labute approximate surface area is 407 Å². The predicted octanol–water partition coefficient (Wildman–Crippen LogP) is 10.1. The Balaban J connectivity index is 0.886. The number of ketones is 1. The van der Waals surface area contributed by atoms with Gasteiger partial charge in [0, 0.05) is 35.4 Å². The fourth-order valence-corrected chi connectivity index (χ4v) is 12.0. The summed E-state index contributed by atoms with van der Waals surface area (Å²) in [5.74, 6) is -0.498. The normalized spacial score (nSPS) is 20.8. The smallest absolute Gasteiger partial charge is 0.387 e. The second-order valence-corrected chi connectivity index (χ2v) is 20.2. The molecule has 2 fully saturated rings. The molecule has 4 aromatic heterocycles. The third-order valence-electron chi connectivity index (χ3n) is 13.7. The number of aromatic nitrogens is 6. The molecule has 13 nitrogen and oxygen atoms in total. The zero-order chi connectivity index (χ0) is 48.7. The predicted molar refractivity (Wildman–Crippen MR) is 251 cm³/mol. The molecule has 0 N–H and O–H groups in total. The van der Waals surface area contributed by atoms with Crippen LogP contribution in [-0.4, -0.2) is 94.8 Å². The minimum atomic E-state index is -4.77. The number of piperidine rings is 2. The molecule has 4 aliphatic rings. The van der Waals surface area contributed by atoms with Crippen molar-refractivity contribution < 1.29 is 40.8 Å². The van der Waals surface area contributed by atoms with Crippen molar-refractivity contribution in [1.82, 2.24) is 39.3 Å². The maximum Gasteiger partial charge on any atom is 0.433 e. The van der Waals surface area contributed by atoms with Crippen LogP contribution >= 0.6 is 22.7 Å². The molecular weight excluding hydrogens is 955 g/mol. The molecule has 2 unspecified atom stereocenters. The summed E-state index contributed by atoms with van der Waals surface area (Å²) in [4.78, 5) is 40.6. The largest absolute Gasteiger partial charge is 0.433 e. The Bertz CT molecular complexity index is 2650. The van der Waals surface area contributed by atoms with Crippen LogP contribution in [0.3, 0.4) is 0 Å². The highest BCUT2D eigenvalue weighted by Gasteiger charge is 2.44. The van der Waals surface area contributed by atoms with E-state index in [1.165, 1.54) is 36.5 Å². The van der Waals surface area contributed by atoms with Gasteiger partial charge in [-0.05, 0) is 89.0 Å². The number of alkyl halides is 6. The number of thiazole rings is 2. The zero-order valence-electron chi connectivity index (χ0n) is 38.3. The van der Waals surface area contributed by atoms with Gasteiger partial charge in [0.15, 0.2) is 18.0 Å². The second-order valence-electron chi connectivity index (χ2n) is 18.4. The molecule has 0 bridgehead atoms. The average molecular weight is 1010 g/mol. The molecule has 0 amide bonds. The van der Waals surface area contributed by atoms with Crippen LogP contribution in [0, 0.1) is 13.8 Å². The Kier molecular flexibility index (Phi) is 13.5. The number of hydrogen-bond donors (Lipinski definition) is 0. The number of rotatable bonds is 14. The van der Waals surface area contributed by atoms with E-state index in [9.17, 15) is 26.3 Å². The number of hydrogen-bond acceptors (Lipinski definition) is 13. The summed E-state index contributed by atoms with van der Waals surface area (Å²) in [5.41, 5.74) is 3.21. The third kappa shape index (κ3) is 10.3. The third-order valence-corrected chi connectivity index (χ3v) is 15.7. The molecular formula is C49H50F6N10O3S2. The molecule has 6 aromatic rings. The van der Waals surface area contributed by atoms with Crippen LogP contribution in [-0.2, 0) is 39.9 Å². The molecule has 368 valence electrons. The Hall–Kier alpha value is -5.77. The highest BCUT2D eigenvalue weighted by Crippen LogP contribution is 2.39. The van der Waals surface area contributed by atoms with Crippen LogP contribution in [0.1, 0.15) is 118 Å². The molecule has 8 heterocycles. The van der Waals surface area contributed by atoms with E-state index < -0.39 is 54.7 Å². The molecule has 0 saturated carbocycles. The van der Waals surface area contributed by atoms with E-state index in [1.807, 2.05) is 81.2 Å². The number of aryl methyl sites for hydroxylation is 2. The van der Waals surface area contributed by atoms with Crippen molar-refractivity contribution in [2.45, 2.75) is 114 Å². The topological polar surface area (TPSA) is 128 Å². The van der Waals surface area contributed by atoms with Gasteiger partial charge < -0.3 is 9.68 Å². The lowest BCUT2D eigenvalue weighted by atomic mass is 9.91. The number of carbonyl (C=O) groups is 1. The zero-order valence-corrected chi connectivity index (χ0v) is 39.9. The molecule has 2 aromatic carbocycles. The summed E-state index contributed by atoms with van der Waals surface area (Å²) in [7, 11) is 0. The molecule has 2 saturated heterocycles. The first-order valence-electron chi connectivity index (χ1n) is 23.4. The molecule has 0 radical (unpaired) electrons. The van der Waals surface area contributed by atoms with Gasteiger partial charge in [-0.15, -0.1) is 22.7 Å². The molecule has 21 heteroatoms. The number of halogens is 6. The summed E-state index contributed by atoms with van der Waals surface area (Å²) >= 11 is 3.01. The lowest BCUT2D eigenvalue weighted by Crippen LogP contribution is -2.57. The standard InChI is InChI=1S/C49H50F6N10O3S2/c1-29-21-43(48(50,51)52)64(58-29)25-39(62-17-13-33(14-18-62)46-56-37(27-69-46)35-23-41(67-60-35)31-9-5-3-6-10-31)45(66)40(26-65-44(49(53,54)55)22-30(2)59-65)63-19-15-34(16-20-63)47-57-38(28-70-47)36-24-42(68-61-36)32-11-7-4-8-12-32/h3-12,21-22,27-28,33-34,39-42H,13-20,23-26H2,1-2H3/t39?,40?,41-,42-/m1/s1. The van der Waals surface area contributed by atoms with Crippen LogP contribution in [0.4, 0.5) is 26.3 Å². The first kappa shape index (κ1) is 47.9. The van der Waals surface area contributed by atoms with E-state index in [0.29, 0.717) is 64.7 Å². The van der Waals surface area contributed by atoms with Crippen molar-refractivity contribution in [2.24, 2.45) is 10.3 Å². The molecule has 10 rings (SSSR count). The average Bonchev–Trinajstić information content (AvgIpc) is 4.22. The number of benzene rings is 2.